The van der Waals surface area contributed by atoms with Crippen molar-refractivity contribution in [1.82, 2.24) is 0 Å². The minimum atomic E-state index is -3.10. The molecule has 0 saturated carbocycles. The van der Waals surface area contributed by atoms with Crippen molar-refractivity contribution in [2.45, 2.75) is 25.2 Å². The van der Waals surface area contributed by atoms with Gasteiger partial charge in [-0.1, -0.05) is 33.6 Å². The van der Waals surface area contributed by atoms with Crippen LogP contribution in [0.1, 0.15) is 17.5 Å². The molecule has 1 aromatic rings. The number of hydrogen-bond acceptors (Lipinski definition) is 2. The number of hydrogen-bond donors (Lipinski definition) is 0. The van der Waals surface area contributed by atoms with Crippen LogP contribution in [0.4, 0.5) is 0 Å². The van der Waals surface area contributed by atoms with Crippen LogP contribution in [0.3, 0.4) is 0 Å². The Kier molecular flexibility index (Phi) is 4.34. The molecule has 0 fully saturated rings. The second-order valence-electron chi connectivity index (χ2n) is 3.63. The van der Waals surface area contributed by atoms with Crippen LogP contribution in [-0.4, -0.2) is 19.5 Å². The van der Waals surface area contributed by atoms with Crippen molar-refractivity contribution < 1.29 is 8.42 Å². The first-order valence-electron chi connectivity index (χ1n) is 4.83. The quantitative estimate of drug-likeness (QED) is 0.799. The van der Waals surface area contributed by atoms with E-state index in [9.17, 15) is 8.42 Å². The van der Waals surface area contributed by atoms with E-state index >= 15 is 0 Å². The van der Waals surface area contributed by atoms with E-state index in [1.165, 1.54) is 0 Å². The van der Waals surface area contributed by atoms with Gasteiger partial charge in [-0.25, -0.2) is 8.42 Å². The van der Waals surface area contributed by atoms with Crippen LogP contribution in [0.15, 0.2) is 23.1 Å². The molecule has 0 unspecified atom stereocenters. The minimum Gasteiger partial charge on any atom is -0.224 e. The van der Waals surface area contributed by atoms with Crippen LogP contribution in [-0.2, 0) is 9.84 Å². The lowest BCUT2D eigenvalue weighted by molar-refractivity contribution is 0.594. The van der Waals surface area contributed by atoms with Crippen molar-refractivity contribution in [2.75, 3.05) is 11.1 Å². The van der Waals surface area contributed by atoms with E-state index in [-0.39, 0.29) is 5.75 Å². The summed E-state index contributed by atoms with van der Waals surface area (Å²) in [6, 6.07) is 5.45. The monoisotopic (exact) mass is 290 g/mol. The third-order valence-corrected chi connectivity index (χ3v) is 4.73. The molecule has 0 bridgehead atoms. The second kappa shape index (κ2) is 5.12. The Morgan fingerprint density at radius 3 is 2.47 bits per heavy atom. The van der Waals surface area contributed by atoms with E-state index < -0.39 is 9.84 Å². The van der Waals surface area contributed by atoms with Crippen molar-refractivity contribution in [1.29, 1.82) is 0 Å². The maximum absolute atomic E-state index is 11.9. The van der Waals surface area contributed by atoms with Crippen LogP contribution in [0.5, 0.6) is 0 Å². The molecule has 0 aliphatic rings. The first kappa shape index (κ1) is 12.7. The number of rotatable bonds is 4. The van der Waals surface area contributed by atoms with Crippen molar-refractivity contribution >= 4 is 25.8 Å². The Morgan fingerprint density at radius 1 is 1.27 bits per heavy atom. The van der Waals surface area contributed by atoms with Crippen LogP contribution in [0.2, 0.25) is 0 Å². The number of alkyl halides is 1. The molecular formula is C11H15BrO2S. The predicted octanol–water partition coefficient (Wildman–Crippen LogP) is 2.86. The van der Waals surface area contributed by atoms with Gasteiger partial charge in [0, 0.05) is 5.33 Å². The molecule has 0 N–H and O–H groups in total. The topological polar surface area (TPSA) is 34.1 Å². The third kappa shape index (κ3) is 3.31. The molecule has 0 aliphatic carbocycles. The lowest BCUT2D eigenvalue weighted by atomic mass is 10.2. The van der Waals surface area contributed by atoms with Gasteiger partial charge in [-0.3, -0.25) is 0 Å². The first-order valence-corrected chi connectivity index (χ1v) is 7.61. The lowest BCUT2D eigenvalue weighted by Gasteiger charge is -2.07. The van der Waals surface area contributed by atoms with Gasteiger partial charge in [-0.15, -0.1) is 0 Å². The normalized spacial score (nSPS) is 11.7. The smallest absolute Gasteiger partial charge is 0.178 e. The Labute approximate surface area is 99.7 Å². The highest BCUT2D eigenvalue weighted by Crippen LogP contribution is 2.18. The molecule has 0 saturated heterocycles. The zero-order valence-corrected chi connectivity index (χ0v) is 11.4. The fraction of sp³-hybridized carbons (Fsp3) is 0.455. The van der Waals surface area contributed by atoms with Crippen molar-refractivity contribution in [3.8, 4) is 0 Å². The van der Waals surface area contributed by atoms with Gasteiger partial charge in [0.25, 0.3) is 0 Å². The second-order valence-corrected chi connectivity index (χ2v) is 6.50. The summed E-state index contributed by atoms with van der Waals surface area (Å²) < 4.78 is 23.8. The van der Waals surface area contributed by atoms with Gasteiger partial charge < -0.3 is 0 Å². The largest absolute Gasteiger partial charge is 0.224 e. The molecule has 2 nitrogen and oxygen atoms in total. The van der Waals surface area contributed by atoms with E-state index in [4.69, 9.17) is 0 Å². The summed E-state index contributed by atoms with van der Waals surface area (Å²) in [5, 5.41) is 0.719. The average Bonchev–Trinajstić information content (AvgIpc) is 2.14. The Hall–Kier alpha value is -0.350. The SMILES string of the molecule is Cc1ccc(S(=O)(=O)CCCBr)c(C)c1. The fourth-order valence-corrected chi connectivity index (χ4v) is 3.72. The lowest BCUT2D eigenvalue weighted by Crippen LogP contribution is -2.09. The van der Waals surface area contributed by atoms with Gasteiger partial charge in [0.15, 0.2) is 9.84 Å². The van der Waals surface area contributed by atoms with Crippen molar-refractivity contribution in [3.05, 3.63) is 29.3 Å². The highest BCUT2D eigenvalue weighted by Gasteiger charge is 2.15. The Balaban J connectivity index is 3.05. The summed E-state index contributed by atoms with van der Waals surface area (Å²) in [4.78, 5) is 0.467. The number of sulfone groups is 1. The molecule has 0 radical (unpaired) electrons. The summed E-state index contributed by atoms with van der Waals surface area (Å²) in [7, 11) is -3.10. The molecule has 1 rings (SSSR count). The van der Waals surface area contributed by atoms with Crippen molar-refractivity contribution in [2.24, 2.45) is 0 Å². The van der Waals surface area contributed by atoms with Gasteiger partial charge in [-0.2, -0.15) is 0 Å². The zero-order chi connectivity index (χ0) is 11.5. The average molecular weight is 291 g/mol. The molecule has 0 heterocycles. The zero-order valence-electron chi connectivity index (χ0n) is 8.96. The fourth-order valence-electron chi connectivity index (χ4n) is 1.50. The van der Waals surface area contributed by atoms with E-state index in [0.717, 1.165) is 16.5 Å². The summed E-state index contributed by atoms with van der Waals surface area (Å²) in [6.07, 6.45) is 0.648. The predicted molar refractivity (Wildman–Crippen MR) is 66.4 cm³/mol. The number of benzene rings is 1. The molecule has 1 aromatic carbocycles. The summed E-state index contributed by atoms with van der Waals surface area (Å²) >= 11 is 3.24. The Bertz CT molecular complexity index is 438. The maximum atomic E-state index is 11.9. The Morgan fingerprint density at radius 2 is 1.93 bits per heavy atom. The van der Waals surface area contributed by atoms with E-state index in [1.807, 2.05) is 26.0 Å². The molecule has 0 spiro atoms. The third-order valence-electron chi connectivity index (χ3n) is 2.21. The summed E-state index contributed by atoms with van der Waals surface area (Å²) in [5.74, 6) is 0.210. The van der Waals surface area contributed by atoms with Crippen LogP contribution in [0.25, 0.3) is 0 Å². The standard InChI is InChI=1S/C11H15BrO2S/c1-9-4-5-11(10(2)8-9)15(13,14)7-3-6-12/h4-5,8H,3,6-7H2,1-2H3. The van der Waals surface area contributed by atoms with E-state index in [1.54, 1.807) is 6.07 Å². The molecule has 15 heavy (non-hydrogen) atoms. The number of halogens is 1. The van der Waals surface area contributed by atoms with Gasteiger partial charge in [0.1, 0.15) is 0 Å². The molecule has 4 heteroatoms. The molecule has 0 aliphatic heterocycles. The van der Waals surface area contributed by atoms with Gasteiger partial charge in [0.05, 0.1) is 10.6 Å². The van der Waals surface area contributed by atoms with Gasteiger partial charge in [0.2, 0.25) is 0 Å². The van der Waals surface area contributed by atoms with E-state index in [0.29, 0.717) is 11.3 Å². The molecule has 0 amide bonds. The van der Waals surface area contributed by atoms with Crippen molar-refractivity contribution in [3.63, 3.8) is 0 Å². The van der Waals surface area contributed by atoms with E-state index in [2.05, 4.69) is 15.9 Å². The van der Waals surface area contributed by atoms with Crippen LogP contribution in [0, 0.1) is 13.8 Å². The highest BCUT2D eigenvalue weighted by molar-refractivity contribution is 9.09. The maximum Gasteiger partial charge on any atom is 0.178 e. The molecule has 0 atom stereocenters. The molecular weight excluding hydrogens is 276 g/mol. The number of aryl methyl sites for hydroxylation is 2. The van der Waals surface area contributed by atoms with Gasteiger partial charge in [-0.05, 0) is 31.9 Å². The summed E-state index contributed by atoms with van der Waals surface area (Å²) in [6.45, 7) is 3.80. The first-order chi connectivity index (χ1) is 6.97. The molecule has 84 valence electrons. The molecule has 0 aromatic heterocycles. The summed E-state index contributed by atoms with van der Waals surface area (Å²) in [5.41, 5.74) is 1.93. The van der Waals surface area contributed by atoms with Crippen LogP contribution >= 0.6 is 15.9 Å². The van der Waals surface area contributed by atoms with Gasteiger partial charge >= 0.3 is 0 Å². The highest BCUT2D eigenvalue weighted by atomic mass is 79.9. The minimum absolute atomic E-state index is 0.210. The van der Waals surface area contributed by atoms with Crippen LogP contribution < -0.4 is 0 Å².